The van der Waals surface area contributed by atoms with Gasteiger partial charge in [-0.3, -0.25) is 0 Å². The fourth-order valence-electron chi connectivity index (χ4n) is 4.24. The summed E-state index contributed by atoms with van der Waals surface area (Å²) in [4.78, 5) is 9.13. The van der Waals surface area contributed by atoms with Crippen molar-refractivity contribution in [1.29, 1.82) is 0 Å². The number of rotatable bonds is 4. The molecule has 1 saturated carbocycles. The highest BCUT2D eigenvalue weighted by atomic mass is 16.5. The Morgan fingerprint density at radius 2 is 1.59 bits per heavy atom. The van der Waals surface area contributed by atoms with Crippen molar-refractivity contribution in [1.82, 2.24) is 9.97 Å². The summed E-state index contributed by atoms with van der Waals surface area (Å²) in [5.41, 5.74) is 10.3. The molecule has 4 heteroatoms. The van der Waals surface area contributed by atoms with Gasteiger partial charge in [0.15, 0.2) is 0 Å². The zero-order valence-electron chi connectivity index (χ0n) is 16.2. The lowest BCUT2D eigenvalue weighted by Crippen LogP contribution is -2.01. The smallest absolute Gasteiger partial charge is 0.149 e. The number of benzene rings is 2. The van der Waals surface area contributed by atoms with Gasteiger partial charge < -0.3 is 10.5 Å². The highest BCUT2D eigenvalue weighted by Crippen LogP contribution is 2.39. The third kappa shape index (κ3) is 3.54. The summed E-state index contributed by atoms with van der Waals surface area (Å²) in [7, 11) is 0. The number of nitrogens with zero attached hydrogens (tertiary/aromatic N) is 2. The molecule has 0 bridgehead atoms. The van der Waals surface area contributed by atoms with Gasteiger partial charge in [-0.05, 0) is 72.9 Å². The van der Waals surface area contributed by atoms with Crippen LogP contribution in [0.1, 0.15) is 37.2 Å². The van der Waals surface area contributed by atoms with Crippen molar-refractivity contribution in [3.8, 4) is 22.8 Å². The minimum absolute atomic E-state index is 0.493. The highest BCUT2D eigenvalue weighted by molar-refractivity contribution is 5.92. The van der Waals surface area contributed by atoms with Crippen LogP contribution >= 0.6 is 0 Å². The van der Waals surface area contributed by atoms with Crippen LogP contribution in [-0.2, 0) is 0 Å². The van der Waals surface area contributed by atoms with Crippen LogP contribution in [0.3, 0.4) is 0 Å². The Kier molecular flexibility index (Phi) is 4.60. The van der Waals surface area contributed by atoms with E-state index in [2.05, 4.69) is 23.2 Å². The van der Waals surface area contributed by atoms with Crippen LogP contribution in [0, 0.1) is 0 Å². The maximum Gasteiger partial charge on any atom is 0.149 e. The first-order valence-electron chi connectivity index (χ1n) is 10.2. The van der Waals surface area contributed by atoms with E-state index in [1.54, 1.807) is 6.20 Å². The van der Waals surface area contributed by atoms with Gasteiger partial charge in [-0.15, -0.1) is 0 Å². The molecule has 1 fully saturated rings. The van der Waals surface area contributed by atoms with E-state index in [0.29, 0.717) is 11.7 Å². The highest BCUT2D eigenvalue weighted by Gasteiger charge is 2.21. The average molecular weight is 381 g/mol. The molecule has 4 aromatic rings. The third-order valence-electron chi connectivity index (χ3n) is 5.71. The summed E-state index contributed by atoms with van der Waals surface area (Å²) < 4.78 is 5.91. The van der Waals surface area contributed by atoms with E-state index in [1.807, 2.05) is 48.5 Å². The first-order chi connectivity index (χ1) is 14.3. The second kappa shape index (κ2) is 7.55. The number of pyridine rings is 2. The lowest BCUT2D eigenvalue weighted by Gasteiger charge is -2.16. The zero-order chi connectivity index (χ0) is 19.6. The normalized spacial score (nSPS) is 14.3. The lowest BCUT2D eigenvalue weighted by atomic mass is 9.93. The molecular formula is C25H23N3O. The molecule has 0 unspecified atom stereocenters. The molecule has 2 aromatic carbocycles. The molecule has 0 saturated heterocycles. The predicted molar refractivity (Wildman–Crippen MR) is 117 cm³/mol. The fourth-order valence-corrected chi connectivity index (χ4v) is 4.24. The molecule has 1 aliphatic rings. The van der Waals surface area contributed by atoms with Crippen molar-refractivity contribution in [2.24, 2.45) is 0 Å². The van der Waals surface area contributed by atoms with E-state index in [-0.39, 0.29) is 0 Å². The number of nitrogen functional groups attached to an aromatic ring is 1. The maximum absolute atomic E-state index is 6.19. The van der Waals surface area contributed by atoms with Crippen LogP contribution in [0.4, 0.5) is 5.82 Å². The van der Waals surface area contributed by atoms with Crippen molar-refractivity contribution in [2.75, 3.05) is 5.73 Å². The number of anilines is 1. The van der Waals surface area contributed by atoms with Gasteiger partial charge >= 0.3 is 0 Å². The number of para-hydroxylation sites is 1. The van der Waals surface area contributed by atoms with E-state index < -0.39 is 0 Å². The maximum atomic E-state index is 6.19. The van der Waals surface area contributed by atoms with Crippen molar-refractivity contribution in [2.45, 2.75) is 31.6 Å². The van der Waals surface area contributed by atoms with Crippen LogP contribution in [0.25, 0.3) is 22.2 Å². The fraction of sp³-hybridized carbons (Fsp3) is 0.200. The average Bonchev–Trinajstić information content (AvgIpc) is 3.30. The molecule has 0 atom stereocenters. The zero-order valence-corrected chi connectivity index (χ0v) is 16.2. The molecule has 2 N–H and O–H groups in total. The summed E-state index contributed by atoms with van der Waals surface area (Å²) in [6.45, 7) is 0. The monoisotopic (exact) mass is 381 g/mol. The number of nitrogens with two attached hydrogens (primary N) is 1. The van der Waals surface area contributed by atoms with Gasteiger partial charge in [0.2, 0.25) is 0 Å². The Morgan fingerprint density at radius 3 is 2.34 bits per heavy atom. The summed E-state index contributed by atoms with van der Waals surface area (Å²) in [5, 5.41) is 1.14. The third-order valence-corrected chi connectivity index (χ3v) is 5.71. The minimum atomic E-state index is 0.493. The molecule has 0 aliphatic heterocycles. The molecule has 29 heavy (non-hydrogen) atoms. The largest absolute Gasteiger partial charge is 0.457 e. The Labute approximate surface area is 170 Å². The molecule has 2 heterocycles. The van der Waals surface area contributed by atoms with E-state index in [1.165, 1.54) is 31.2 Å². The van der Waals surface area contributed by atoms with Gasteiger partial charge in [-0.1, -0.05) is 31.0 Å². The van der Waals surface area contributed by atoms with E-state index >= 15 is 0 Å². The topological polar surface area (TPSA) is 61.0 Å². The van der Waals surface area contributed by atoms with Crippen LogP contribution < -0.4 is 10.5 Å². The molecule has 5 rings (SSSR count). The first-order valence-corrected chi connectivity index (χ1v) is 10.2. The molecule has 0 radical (unpaired) electrons. The Bertz CT molecular complexity index is 1130. The molecule has 2 aromatic heterocycles. The van der Waals surface area contributed by atoms with Gasteiger partial charge in [0.05, 0.1) is 5.69 Å². The van der Waals surface area contributed by atoms with Crippen LogP contribution in [0.5, 0.6) is 11.5 Å². The molecule has 0 amide bonds. The first kappa shape index (κ1) is 17.7. The summed E-state index contributed by atoms with van der Waals surface area (Å²) in [6, 6.07) is 22.2. The van der Waals surface area contributed by atoms with Gasteiger partial charge in [0.25, 0.3) is 0 Å². The van der Waals surface area contributed by atoms with Gasteiger partial charge in [-0.2, -0.15) is 0 Å². The number of ether oxygens (including phenoxy) is 1. The molecule has 1 aliphatic carbocycles. The number of hydrogen-bond acceptors (Lipinski definition) is 4. The summed E-state index contributed by atoms with van der Waals surface area (Å²) >= 11 is 0. The van der Waals surface area contributed by atoms with E-state index in [0.717, 1.165) is 33.7 Å². The van der Waals surface area contributed by atoms with Crippen LogP contribution in [0.2, 0.25) is 0 Å². The molecule has 4 nitrogen and oxygen atoms in total. The molecule has 144 valence electrons. The number of hydrogen-bond donors (Lipinski definition) is 1. The second-order valence-corrected chi connectivity index (χ2v) is 7.61. The van der Waals surface area contributed by atoms with Crippen molar-refractivity contribution in [3.05, 3.63) is 78.5 Å². The number of aromatic nitrogens is 2. The van der Waals surface area contributed by atoms with Gasteiger partial charge in [0.1, 0.15) is 22.8 Å². The summed E-state index contributed by atoms with van der Waals surface area (Å²) in [5.74, 6) is 2.69. The predicted octanol–water partition coefficient (Wildman–Crippen LogP) is 6.33. The second-order valence-electron chi connectivity index (χ2n) is 7.61. The van der Waals surface area contributed by atoms with E-state index in [9.17, 15) is 0 Å². The SMILES string of the molecule is Nc1nccc2c(C3CCCC3)cc(-c3ccc(Oc4ccccc4)cc3)nc12. The van der Waals surface area contributed by atoms with Gasteiger partial charge in [-0.25, -0.2) is 9.97 Å². The van der Waals surface area contributed by atoms with Crippen LogP contribution in [0.15, 0.2) is 72.9 Å². The van der Waals surface area contributed by atoms with Crippen molar-refractivity contribution in [3.63, 3.8) is 0 Å². The lowest BCUT2D eigenvalue weighted by molar-refractivity contribution is 0.483. The Hall–Kier alpha value is -3.40. The van der Waals surface area contributed by atoms with Gasteiger partial charge in [0, 0.05) is 17.1 Å². The summed E-state index contributed by atoms with van der Waals surface area (Å²) in [6.07, 6.45) is 6.81. The Balaban J connectivity index is 1.53. The Morgan fingerprint density at radius 1 is 0.862 bits per heavy atom. The van der Waals surface area contributed by atoms with Crippen molar-refractivity contribution >= 4 is 16.7 Å². The van der Waals surface area contributed by atoms with Crippen molar-refractivity contribution < 1.29 is 4.74 Å². The quantitative estimate of drug-likeness (QED) is 0.449. The number of fused-ring (bicyclic) bond motifs is 1. The standard InChI is InChI=1S/C25H23N3O/c26-25-24-21(14-15-27-25)22(17-6-4-5-7-17)16-23(28-24)18-10-12-20(13-11-18)29-19-8-2-1-3-9-19/h1-3,8-17H,4-7H2,(H2,26,27). The molecule has 0 spiro atoms. The van der Waals surface area contributed by atoms with Crippen LogP contribution in [-0.4, -0.2) is 9.97 Å². The minimum Gasteiger partial charge on any atom is -0.457 e. The molecular weight excluding hydrogens is 358 g/mol. The van der Waals surface area contributed by atoms with E-state index in [4.69, 9.17) is 15.5 Å².